The van der Waals surface area contributed by atoms with Gasteiger partial charge in [0.05, 0.1) is 6.54 Å². The summed E-state index contributed by atoms with van der Waals surface area (Å²) in [5.74, 6) is -0.231. The third-order valence-electron chi connectivity index (χ3n) is 3.70. The molecule has 0 aliphatic carbocycles. The lowest BCUT2D eigenvalue weighted by molar-refractivity contribution is -0.120. The molecular weight excluding hydrogens is 278 g/mol. The zero-order chi connectivity index (χ0) is 15.6. The second-order valence-electron chi connectivity index (χ2n) is 5.50. The zero-order valence-electron chi connectivity index (χ0n) is 12.2. The first-order valence-electron chi connectivity index (χ1n) is 7.10. The molecule has 0 aromatic heterocycles. The van der Waals surface area contributed by atoms with E-state index in [1.165, 1.54) is 0 Å². The summed E-state index contributed by atoms with van der Waals surface area (Å²) in [5, 5.41) is 5.61. The summed E-state index contributed by atoms with van der Waals surface area (Å²) in [5.41, 5.74) is 0.514. The van der Waals surface area contributed by atoms with Crippen molar-refractivity contribution in [2.45, 2.75) is 12.5 Å². The average Bonchev–Trinajstić information content (AvgIpc) is 2.85. The Labute approximate surface area is 128 Å². The lowest BCUT2D eigenvalue weighted by Crippen LogP contribution is -2.51. The standard InChI is InChI=1S/C17H17N3O2/c1-17(15(21)18-13-8-4-2-5-9-13)12-20(16(22)19-17)14-10-6-3-7-11-14/h2-11H,12H2,1H3,(H,18,21)(H,19,22). The molecule has 1 heterocycles. The van der Waals surface area contributed by atoms with E-state index in [9.17, 15) is 9.59 Å². The lowest BCUT2D eigenvalue weighted by Gasteiger charge is -2.22. The minimum atomic E-state index is -0.969. The maximum Gasteiger partial charge on any atom is 0.322 e. The van der Waals surface area contributed by atoms with Crippen LogP contribution in [0.2, 0.25) is 0 Å². The monoisotopic (exact) mass is 295 g/mol. The summed E-state index contributed by atoms with van der Waals surface area (Å²) < 4.78 is 0. The highest BCUT2D eigenvalue weighted by atomic mass is 16.2. The van der Waals surface area contributed by atoms with Crippen LogP contribution in [-0.2, 0) is 4.79 Å². The van der Waals surface area contributed by atoms with Gasteiger partial charge in [-0.2, -0.15) is 0 Å². The number of amides is 3. The Balaban J connectivity index is 1.77. The van der Waals surface area contributed by atoms with Crippen molar-refractivity contribution in [2.24, 2.45) is 0 Å². The number of carbonyl (C=O) groups excluding carboxylic acids is 2. The SMILES string of the molecule is CC1(C(=O)Nc2ccccc2)CN(c2ccccc2)C(=O)N1. The predicted octanol–water partition coefficient (Wildman–Crippen LogP) is 2.61. The number of para-hydroxylation sites is 2. The second kappa shape index (κ2) is 5.52. The van der Waals surface area contributed by atoms with Gasteiger partial charge in [0.15, 0.2) is 0 Å². The van der Waals surface area contributed by atoms with Crippen molar-refractivity contribution in [3.8, 4) is 0 Å². The minimum absolute atomic E-state index is 0.231. The molecule has 1 fully saturated rings. The van der Waals surface area contributed by atoms with Crippen LogP contribution in [0.3, 0.4) is 0 Å². The van der Waals surface area contributed by atoms with Gasteiger partial charge in [0, 0.05) is 11.4 Å². The molecule has 0 bridgehead atoms. The van der Waals surface area contributed by atoms with E-state index >= 15 is 0 Å². The molecule has 5 heteroatoms. The molecule has 0 saturated carbocycles. The van der Waals surface area contributed by atoms with Crippen molar-refractivity contribution >= 4 is 23.3 Å². The fraction of sp³-hybridized carbons (Fsp3) is 0.176. The van der Waals surface area contributed by atoms with Crippen molar-refractivity contribution < 1.29 is 9.59 Å². The molecule has 2 aromatic rings. The second-order valence-corrected chi connectivity index (χ2v) is 5.50. The van der Waals surface area contributed by atoms with Crippen molar-refractivity contribution in [3.63, 3.8) is 0 Å². The molecule has 1 atom stereocenters. The molecule has 0 radical (unpaired) electrons. The smallest absolute Gasteiger partial charge is 0.322 e. The van der Waals surface area contributed by atoms with Gasteiger partial charge in [-0.1, -0.05) is 36.4 Å². The van der Waals surface area contributed by atoms with Crippen molar-refractivity contribution in [1.29, 1.82) is 0 Å². The summed E-state index contributed by atoms with van der Waals surface area (Å²) >= 11 is 0. The molecule has 1 aliphatic heterocycles. The van der Waals surface area contributed by atoms with E-state index in [4.69, 9.17) is 0 Å². The Kier molecular flexibility index (Phi) is 3.55. The van der Waals surface area contributed by atoms with E-state index in [0.29, 0.717) is 5.69 Å². The first-order chi connectivity index (χ1) is 10.6. The van der Waals surface area contributed by atoms with E-state index in [1.54, 1.807) is 11.8 Å². The number of benzene rings is 2. The highest BCUT2D eigenvalue weighted by Crippen LogP contribution is 2.24. The minimum Gasteiger partial charge on any atom is -0.324 e. The Bertz CT molecular complexity index is 688. The van der Waals surface area contributed by atoms with Crippen LogP contribution in [0.15, 0.2) is 60.7 Å². The van der Waals surface area contributed by atoms with Crippen LogP contribution in [0.5, 0.6) is 0 Å². The number of anilines is 2. The molecule has 3 rings (SSSR count). The van der Waals surface area contributed by atoms with Crippen molar-refractivity contribution in [1.82, 2.24) is 5.32 Å². The third kappa shape index (κ3) is 2.65. The number of urea groups is 1. The molecule has 2 N–H and O–H groups in total. The van der Waals surface area contributed by atoms with Crippen LogP contribution in [-0.4, -0.2) is 24.0 Å². The fourth-order valence-electron chi connectivity index (χ4n) is 2.47. The Morgan fingerprint density at radius 1 is 1.09 bits per heavy atom. The largest absolute Gasteiger partial charge is 0.324 e. The molecule has 1 unspecified atom stereocenters. The van der Waals surface area contributed by atoms with Gasteiger partial charge in [-0.15, -0.1) is 0 Å². The van der Waals surface area contributed by atoms with Crippen LogP contribution in [0, 0.1) is 0 Å². The highest BCUT2D eigenvalue weighted by Gasteiger charge is 2.45. The number of hydrogen-bond acceptors (Lipinski definition) is 2. The van der Waals surface area contributed by atoms with E-state index in [1.807, 2.05) is 60.7 Å². The summed E-state index contributed by atoms with van der Waals surface area (Å²) in [6.45, 7) is 2.01. The van der Waals surface area contributed by atoms with Gasteiger partial charge in [0.2, 0.25) is 0 Å². The van der Waals surface area contributed by atoms with E-state index < -0.39 is 5.54 Å². The Morgan fingerprint density at radius 2 is 1.68 bits per heavy atom. The van der Waals surface area contributed by atoms with Gasteiger partial charge in [-0.05, 0) is 31.2 Å². The van der Waals surface area contributed by atoms with Gasteiger partial charge in [-0.25, -0.2) is 4.79 Å². The molecule has 112 valence electrons. The van der Waals surface area contributed by atoms with Crippen LogP contribution in [0.25, 0.3) is 0 Å². The first-order valence-corrected chi connectivity index (χ1v) is 7.10. The zero-order valence-corrected chi connectivity index (χ0v) is 12.2. The van der Waals surface area contributed by atoms with Crippen LogP contribution < -0.4 is 15.5 Å². The fourth-order valence-corrected chi connectivity index (χ4v) is 2.47. The summed E-state index contributed by atoms with van der Waals surface area (Å²) in [7, 11) is 0. The molecule has 5 nitrogen and oxygen atoms in total. The van der Waals surface area contributed by atoms with Gasteiger partial charge >= 0.3 is 6.03 Å². The number of carbonyl (C=O) groups is 2. The number of rotatable bonds is 3. The summed E-state index contributed by atoms with van der Waals surface area (Å²) in [6, 6.07) is 18.2. The van der Waals surface area contributed by atoms with Gasteiger partial charge in [-0.3, -0.25) is 9.69 Å². The molecule has 22 heavy (non-hydrogen) atoms. The van der Waals surface area contributed by atoms with E-state index in [-0.39, 0.29) is 18.5 Å². The molecule has 1 saturated heterocycles. The summed E-state index contributed by atoms with van der Waals surface area (Å²) in [6.07, 6.45) is 0. The van der Waals surface area contributed by atoms with Crippen LogP contribution >= 0.6 is 0 Å². The van der Waals surface area contributed by atoms with E-state index in [2.05, 4.69) is 10.6 Å². The third-order valence-corrected chi connectivity index (χ3v) is 3.70. The van der Waals surface area contributed by atoms with Crippen molar-refractivity contribution in [2.75, 3.05) is 16.8 Å². The van der Waals surface area contributed by atoms with Crippen molar-refractivity contribution in [3.05, 3.63) is 60.7 Å². The lowest BCUT2D eigenvalue weighted by atomic mass is 10.0. The van der Waals surface area contributed by atoms with Crippen LogP contribution in [0.4, 0.5) is 16.2 Å². The Morgan fingerprint density at radius 3 is 2.32 bits per heavy atom. The topological polar surface area (TPSA) is 61.4 Å². The molecule has 0 spiro atoms. The molecular formula is C17H17N3O2. The Hall–Kier alpha value is -2.82. The summed E-state index contributed by atoms with van der Waals surface area (Å²) in [4.78, 5) is 26.3. The molecule has 2 aromatic carbocycles. The maximum atomic E-state index is 12.5. The molecule has 1 aliphatic rings. The molecule has 3 amide bonds. The number of hydrogen-bond donors (Lipinski definition) is 2. The number of nitrogens with zero attached hydrogens (tertiary/aromatic N) is 1. The van der Waals surface area contributed by atoms with Gasteiger partial charge < -0.3 is 10.6 Å². The number of nitrogens with one attached hydrogen (secondary N) is 2. The normalized spacial score (nSPS) is 20.6. The first kappa shape index (κ1) is 14.1. The predicted molar refractivity (Wildman–Crippen MR) is 85.8 cm³/mol. The average molecular weight is 295 g/mol. The maximum absolute atomic E-state index is 12.5. The van der Waals surface area contributed by atoms with E-state index in [0.717, 1.165) is 5.69 Å². The van der Waals surface area contributed by atoms with Gasteiger partial charge in [0.1, 0.15) is 5.54 Å². The highest BCUT2D eigenvalue weighted by molar-refractivity contribution is 6.06. The quantitative estimate of drug-likeness (QED) is 0.914. The van der Waals surface area contributed by atoms with Crippen LogP contribution in [0.1, 0.15) is 6.92 Å². The van der Waals surface area contributed by atoms with Gasteiger partial charge in [0.25, 0.3) is 5.91 Å².